The van der Waals surface area contributed by atoms with E-state index in [4.69, 9.17) is 0 Å². The van der Waals surface area contributed by atoms with Gasteiger partial charge in [0.2, 0.25) is 5.95 Å². The third kappa shape index (κ3) is 4.61. The summed E-state index contributed by atoms with van der Waals surface area (Å²) in [5, 5.41) is 11.3. The van der Waals surface area contributed by atoms with Gasteiger partial charge in [-0.2, -0.15) is 10.1 Å². The molecule has 0 aliphatic carbocycles. The second-order valence-corrected chi connectivity index (χ2v) is 5.84. The first-order valence-electron chi connectivity index (χ1n) is 8.24. The molecule has 1 saturated heterocycles. The number of anilines is 2. The minimum Gasteiger partial charge on any atom is -0.355 e. The Morgan fingerprint density at radius 1 is 1.04 bits per heavy atom. The number of rotatable bonds is 5. The maximum absolute atomic E-state index is 12.9. The van der Waals surface area contributed by atoms with Crippen LogP contribution in [0.3, 0.4) is 0 Å². The van der Waals surface area contributed by atoms with Crippen LogP contribution in [0.2, 0.25) is 0 Å². The zero-order valence-electron chi connectivity index (χ0n) is 13.2. The third-order valence-electron chi connectivity index (χ3n) is 4.09. The molecule has 122 valence electrons. The van der Waals surface area contributed by atoms with Gasteiger partial charge >= 0.3 is 0 Å². The van der Waals surface area contributed by atoms with Gasteiger partial charge in [0.25, 0.3) is 0 Å². The molecule has 23 heavy (non-hydrogen) atoms. The number of benzene rings is 1. The summed E-state index contributed by atoms with van der Waals surface area (Å²) in [7, 11) is 0. The normalized spacial score (nSPS) is 15.3. The van der Waals surface area contributed by atoms with Crippen molar-refractivity contribution in [3.8, 4) is 0 Å². The summed E-state index contributed by atoms with van der Waals surface area (Å²) in [6.45, 7) is 2.76. The predicted molar refractivity (Wildman–Crippen MR) is 89.1 cm³/mol. The molecule has 1 aromatic carbocycles. The van der Waals surface area contributed by atoms with Crippen LogP contribution in [0.4, 0.5) is 16.2 Å². The molecule has 1 aliphatic heterocycles. The molecule has 0 radical (unpaired) electrons. The Bertz CT molecular complexity index is 609. The zero-order chi connectivity index (χ0) is 15.9. The standard InChI is InChI=1S/C17H22FN5/c18-15-7-5-14(6-8-15)9-10-19-17-21-16(13-20-22-17)23-11-3-1-2-4-12-23/h5-8,13H,1-4,9-12H2,(H,19,21,22). The van der Waals surface area contributed by atoms with E-state index in [0.29, 0.717) is 12.5 Å². The van der Waals surface area contributed by atoms with Crippen molar-refractivity contribution in [2.45, 2.75) is 32.1 Å². The lowest BCUT2D eigenvalue weighted by atomic mass is 10.1. The van der Waals surface area contributed by atoms with Crippen molar-refractivity contribution >= 4 is 11.8 Å². The molecule has 5 nitrogen and oxygen atoms in total. The molecule has 1 fully saturated rings. The van der Waals surface area contributed by atoms with Crippen molar-refractivity contribution in [2.75, 3.05) is 29.9 Å². The predicted octanol–water partition coefficient (Wildman–Crippen LogP) is 3.05. The Balaban J connectivity index is 1.55. The minimum atomic E-state index is -0.209. The van der Waals surface area contributed by atoms with E-state index in [1.807, 2.05) is 0 Å². The van der Waals surface area contributed by atoms with E-state index in [1.54, 1.807) is 18.3 Å². The van der Waals surface area contributed by atoms with Gasteiger partial charge < -0.3 is 10.2 Å². The number of hydrogen-bond donors (Lipinski definition) is 1. The summed E-state index contributed by atoms with van der Waals surface area (Å²) in [6.07, 6.45) is 7.51. The topological polar surface area (TPSA) is 53.9 Å². The summed E-state index contributed by atoms with van der Waals surface area (Å²) < 4.78 is 12.9. The lowest BCUT2D eigenvalue weighted by Crippen LogP contribution is -2.25. The fourth-order valence-corrected chi connectivity index (χ4v) is 2.79. The highest BCUT2D eigenvalue weighted by molar-refractivity contribution is 5.40. The third-order valence-corrected chi connectivity index (χ3v) is 4.09. The van der Waals surface area contributed by atoms with E-state index < -0.39 is 0 Å². The van der Waals surface area contributed by atoms with Crippen molar-refractivity contribution in [2.24, 2.45) is 0 Å². The fraction of sp³-hybridized carbons (Fsp3) is 0.471. The van der Waals surface area contributed by atoms with Crippen LogP contribution in [0.5, 0.6) is 0 Å². The molecule has 0 amide bonds. The molecular weight excluding hydrogens is 293 g/mol. The highest BCUT2D eigenvalue weighted by Gasteiger charge is 2.12. The van der Waals surface area contributed by atoms with Crippen molar-refractivity contribution < 1.29 is 4.39 Å². The Labute approximate surface area is 136 Å². The Hall–Kier alpha value is -2.24. The number of halogens is 1. The van der Waals surface area contributed by atoms with Crippen molar-refractivity contribution in [1.82, 2.24) is 15.2 Å². The maximum Gasteiger partial charge on any atom is 0.244 e. The first-order valence-corrected chi connectivity index (χ1v) is 8.24. The number of aromatic nitrogens is 3. The molecule has 2 aromatic rings. The van der Waals surface area contributed by atoms with Crippen LogP contribution in [0.1, 0.15) is 31.2 Å². The van der Waals surface area contributed by atoms with Gasteiger partial charge in [-0.3, -0.25) is 0 Å². The van der Waals surface area contributed by atoms with Crippen LogP contribution in [0.15, 0.2) is 30.5 Å². The van der Waals surface area contributed by atoms with Gasteiger partial charge in [0.1, 0.15) is 5.82 Å². The highest BCUT2D eigenvalue weighted by Crippen LogP contribution is 2.17. The van der Waals surface area contributed by atoms with Crippen LogP contribution >= 0.6 is 0 Å². The summed E-state index contributed by atoms with van der Waals surface area (Å²) in [5.74, 6) is 1.24. The average Bonchev–Trinajstić information content (AvgIpc) is 2.86. The van der Waals surface area contributed by atoms with Gasteiger partial charge in [-0.15, -0.1) is 5.10 Å². The molecule has 0 spiro atoms. The van der Waals surface area contributed by atoms with Crippen LogP contribution in [0.25, 0.3) is 0 Å². The van der Waals surface area contributed by atoms with E-state index in [0.717, 1.165) is 30.9 Å². The van der Waals surface area contributed by atoms with Crippen molar-refractivity contribution in [1.29, 1.82) is 0 Å². The molecule has 0 unspecified atom stereocenters. The first-order chi connectivity index (χ1) is 11.3. The second-order valence-electron chi connectivity index (χ2n) is 5.84. The fourth-order valence-electron chi connectivity index (χ4n) is 2.79. The largest absolute Gasteiger partial charge is 0.355 e. The van der Waals surface area contributed by atoms with Crippen LogP contribution < -0.4 is 10.2 Å². The number of nitrogens with one attached hydrogen (secondary N) is 1. The second kappa shape index (κ2) is 7.85. The Morgan fingerprint density at radius 3 is 2.52 bits per heavy atom. The Morgan fingerprint density at radius 2 is 1.78 bits per heavy atom. The molecule has 0 saturated carbocycles. The Kier molecular flexibility index (Phi) is 5.34. The zero-order valence-corrected chi connectivity index (χ0v) is 13.2. The smallest absolute Gasteiger partial charge is 0.244 e. The van der Waals surface area contributed by atoms with Gasteiger partial charge in [-0.05, 0) is 37.0 Å². The highest BCUT2D eigenvalue weighted by atomic mass is 19.1. The van der Waals surface area contributed by atoms with E-state index in [9.17, 15) is 4.39 Å². The van der Waals surface area contributed by atoms with Gasteiger partial charge in [-0.1, -0.05) is 25.0 Å². The molecule has 3 rings (SSSR count). The monoisotopic (exact) mass is 315 g/mol. The number of hydrogen-bond acceptors (Lipinski definition) is 5. The lowest BCUT2D eigenvalue weighted by molar-refractivity contribution is 0.627. The molecule has 1 N–H and O–H groups in total. The van der Waals surface area contributed by atoms with E-state index >= 15 is 0 Å². The SMILES string of the molecule is Fc1ccc(CCNc2nncc(N3CCCCCC3)n2)cc1. The summed E-state index contributed by atoms with van der Waals surface area (Å²) in [5.41, 5.74) is 1.08. The van der Waals surface area contributed by atoms with Crippen LogP contribution in [-0.4, -0.2) is 34.8 Å². The maximum atomic E-state index is 12.9. The van der Waals surface area contributed by atoms with E-state index in [-0.39, 0.29) is 5.82 Å². The lowest BCUT2D eigenvalue weighted by Gasteiger charge is -2.20. The van der Waals surface area contributed by atoms with E-state index in [2.05, 4.69) is 25.4 Å². The summed E-state index contributed by atoms with van der Waals surface area (Å²) >= 11 is 0. The quantitative estimate of drug-likeness (QED) is 0.919. The molecular formula is C17H22FN5. The van der Waals surface area contributed by atoms with Crippen molar-refractivity contribution in [3.63, 3.8) is 0 Å². The minimum absolute atomic E-state index is 0.209. The van der Waals surface area contributed by atoms with Gasteiger partial charge in [0, 0.05) is 19.6 Å². The molecule has 1 aliphatic rings. The van der Waals surface area contributed by atoms with Crippen LogP contribution in [-0.2, 0) is 6.42 Å². The van der Waals surface area contributed by atoms with Crippen molar-refractivity contribution in [3.05, 3.63) is 41.8 Å². The number of nitrogens with zero attached hydrogens (tertiary/aromatic N) is 4. The average molecular weight is 315 g/mol. The molecule has 6 heteroatoms. The van der Waals surface area contributed by atoms with Gasteiger partial charge in [-0.25, -0.2) is 4.39 Å². The van der Waals surface area contributed by atoms with Gasteiger partial charge in [0.05, 0.1) is 6.20 Å². The summed E-state index contributed by atoms with van der Waals surface area (Å²) in [4.78, 5) is 6.85. The van der Waals surface area contributed by atoms with Crippen LogP contribution in [0, 0.1) is 5.82 Å². The molecule has 0 bridgehead atoms. The first kappa shape index (κ1) is 15.6. The molecule has 0 atom stereocenters. The molecule has 2 heterocycles. The molecule has 1 aromatic heterocycles. The van der Waals surface area contributed by atoms with E-state index in [1.165, 1.54) is 37.8 Å². The van der Waals surface area contributed by atoms with Gasteiger partial charge in [0.15, 0.2) is 5.82 Å². The summed E-state index contributed by atoms with van der Waals surface area (Å²) in [6, 6.07) is 6.55.